The Labute approximate surface area is 129 Å². The molecule has 0 aliphatic carbocycles. The number of rotatable bonds is 4. The van der Waals surface area contributed by atoms with Gasteiger partial charge in [-0.05, 0) is 17.7 Å². The zero-order valence-electron chi connectivity index (χ0n) is 12.4. The molecule has 2 heterocycles. The monoisotopic (exact) mass is 304 g/mol. The molecule has 1 atom stereocenters. The first kappa shape index (κ1) is 15.0. The van der Waals surface area contributed by atoms with Crippen LogP contribution in [0.15, 0.2) is 24.3 Å². The van der Waals surface area contributed by atoms with Gasteiger partial charge in [-0.2, -0.15) is 0 Å². The molecule has 0 aromatic heterocycles. The minimum Gasteiger partial charge on any atom is -0.481 e. The fraction of sp³-hybridized carbons (Fsp3) is 0.500. The van der Waals surface area contributed by atoms with Crippen molar-refractivity contribution < 1.29 is 19.4 Å². The maximum Gasteiger partial charge on any atom is 0.308 e. The third kappa shape index (κ3) is 3.28. The van der Waals surface area contributed by atoms with Crippen LogP contribution in [0.2, 0.25) is 0 Å². The van der Waals surface area contributed by atoms with Crippen molar-refractivity contribution in [1.82, 2.24) is 4.90 Å². The Morgan fingerprint density at radius 1 is 1.23 bits per heavy atom. The van der Waals surface area contributed by atoms with Crippen molar-refractivity contribution in [2.45, 2.75) is 13.0 Å². The maximum absolute atomic E-state index is 11.9. The van der Waals surface area contributed by atoms with Gasteiger partial charge in [0.05, 0.1) is 19.1 Å². The fourth-order valence-electron chi connectivity index (χ4n) is 2.92. The summed E-state index contributed by atoms with van der Waals surface area (Å²) in [5.74, 6) is -1.62. The number of carboxylic acid groups (broad SMARTS) is 1. The average molecular weight is 304 g/mol. The second-order valence-electron chi connectivity index (χ2n) is 5.80. The van der Waals surface area contributed by atoms with Crippen LogP contribution in [0, 0.1) is 5.92 Å². The van der Waals surface area contributed by atoms with E-state index in [0.29, 0.717) is 0 Å². The largest absolute Gasteiger partial charge is 0.481 e. The van der Waals surface area contributed by atoms with E-state index in [2.05, 4.69) is 4.90 Å². The SMILES string of the molecule is O=C(O)[C@@H]1CC(=O)N(c2ccc(CN3CCOCC3)cc2)C1. The molecule has 0 saturated carbocycles. The second-order valence-corrected chi connectivity index (χ2v) is 5.80. The van der Waals surface area contributed by atoms with E-state index in [1.165, 1.54) is 5.56 Å². The molecule has 6 heteroatoms. The summed E-state index contributed by atoms with van der Waals surface area (Å²) in [7, 11) is 0. The van der Waals surface area contributed by atoms with Crippen molar-refractivity contribution in [3.63, 3.8) is 0 Å². The Kier molecular flexibility index (Phi) is 4.40. The van der Waals surface area contributed by atoms with Crippen LogP contribution >= 0.6 is 0 Å². The third-order valence-corrected chi connectivity index (χ3v) is 4.23. The highest BCUT2D eigenvalue weighted by Gasteiger charge is 2.34. The molecule has 2 saturated heterocycles. The number of benzene rings is 1. The summed E-state index contributed by atoms with van der Waals surface area (Å²) in [6.07, 6.45) is 0.0882. The zero-order valence-corrected chi connectivity index (χ0v) is 12.4. The smallest absolute Gasteiger partial charge is 0.308 e. The van der Waals surface area contributed by atoms with Gasteiger partial charge in [0.25, 0.3) is 0 Å². The van der Waals surface area contributed by atoms with Crippen LogP contribution in [0.25, 0.3) is 0 Å². The molecule has 0 unspecified atom stereocenters. The van der Waals surface area contributed by atoms with Gasteiger partial charge < -0.3 is 14.7 Å². The molecular weight excluding hydrogens is 284 g/mol. The van der Waals surface area contributed by atoms with Crippen molar-refractivity contribution in [3.05, 3.63) is 29.8 Å². The number of carbonyl (C=O) groups is 2. The van der Waals surface area contributed by atoms with Gasteiger partial charge in [-0.15, -0.1) is 0 Å². The number of hydrogen-bond acceptors (Lipinski definition) is 4. The van der Waals surface area contributed by atoms with Gasteiger partial charge in [0.1, 0.15) is 0 Å². The van der Waals surface area contributed by atoms with Crippen molar-refractivity contribution in [3.8, 4) is 0 Å². The molecule has 2 aliphatic rings. The number of carboxylic acids is 1. The van der Waals surface area contributed by atoms with Crippen LogP contribution in [-0.2, 0) is 20.9 Å². The lowest BCUT2D eigenvalue weighted by molar-refractivity contribution is -0.141. The number of amides is 1. The normalized spacial score (nSPS) is 23.0. The standard InChI is InChI=1S/C16H20N2O4/c19-15-9-13(16(20)21)11-18(15)14-3-1-12(2-4-14)10-17-5-7-22-8-6-17/h1-4,13H,5-11H2,(H,20,21)/t13-/m1/s1. The highest BCUT2D eigenvalue weighted by Crippen LogP contribution is 2.25. The summed E-state index contributed by atoms with van der Waals surface area (Å²) in [5, 5.41) is 9.03. The quantitative estimate of drug-likeness (QED) is 0.897. The number of ether oxygens (including phenoxy) is 1. The van der Waals surface area contributed by atoms with Crippen molar-refractivity contribution >= 4 is 17.6 Å². The summed E-state index contributed by atoms with van der Waals surface area (Å²) in [6, 6.07) is 7.81. The zero-order chi connectivity index (χ0) is 15.5. The molecule has 1 aromatic rings. The van der Waals surface area contributed by atoms with E-state index in [9.17, 15) is 9.59 Å². The molecule has 0 radical (unpaired) electrons. The topological polar surface area (TPSA) is 70.1 Å². The summed E-state index contributed by atoms with van der Waals surface area (Å²) in [6.45, 7) is 4.56. The predicted molar refractivity (Wildman–Crippen MR) is 80.6 cm³/mol. The van der Waals surface area contributed by atoms with E-state index < -0.39 is 11.9 Å². The maximum atomic E-state index is 11.9. The molecule has 2 fully saturated rings. The Hall–Kier alpha value is -1.92. The first-order valence-corrected chi connectivity index (χ1v) is 7.55. The highest BCUT2D eigenvalue weighted by atomic mass is 16.5. The first-order chi connectivity index (χ1) is 10.6. The van der Waals surface area contributed by atoms with Crippen LogP contribution in [-0.4, -0.2) is 54.7 Å². The molecule has 0 bridgehead atoms. The molecular formula is C16H20N2O4. The predicted octanol–water partition coefficient (Wildman–Crippen LogP) is 0.956. The van der Waals surface area contributed by atoms with Crippen LogP contribution in [0.5, 0.6) is 0 Å². The van der Waals surface area contributed by atoms with Gasteiger partial charge in [0.2, 0.25) is 5.91 Å². The molecule has 1 amide bonds. The lowest BCUT2D eigenvalue weighted by atomic mass is 10.1. The Morgan fingerprint density at radius 3 is 2.50 bits per heavy atom. The third-order valence-electron chi connectivity index (χ3n) is 4.23. The van der Waals surface area contributed by atoms with Crippen LogP contribution in [0.3, 0.4) is 0 Å². The van der Waals surface area contributed by atoms with Crippen molar-refractivity contribution in [2.24, 2.45) is 5.92 Å². The Morgan fingerprint density at radius 2 is 1.91 bits per heavy atom. The average Bonchev–Trinajstić information content (AvgIpc) is 2.91. The number of nitrogens with zero attached hydrogens (tertiary/aromatic N) is 2. The van der Waals surface area contributed by atoms with Crippen molar-refractivity contribution in [2.75, 3.05) is 37.7 Å². The lowest BCUT2D eigenvalue weighted by Crippen LogP contribution is -2.35. The molecule has 0 spiro atoms. The molecule has 6 nitrogen and oxygen atoms in total. The van der Waals surface area contributed by atoms with E-state index in [1.54, 1.807) is 4.90 Å². The lowest BCUT2D eigenvalue weighted by Gasteiger charge is -2.26. The van der Waals surface area contributed by atoms with E-state index in [0.717, 1.165) is 38.5 Å². The van der Waals surface area contributed by atoms with Gasteiger partial charge in [-0.25, -0.2) is 0 Å². The van der Waals surface area contributed by atoms with Crippen molar-refractivity contribution in [1.29, 1.82) is 0 Å². The van der Waals surface area contributed by atoms with Crippen LogP contribution in [0.4, 0.5) is 5.69 Å². The summed E-state index contributed by atoms with van der Waals surface area (Å²) in [5.41, 5.74) is 1.96. The molecule has 1 N–H and O–H groups in total. The first-order valence-electron chi connectivity index (χ1n) is 7.55. The van der Waals surface area contributed by atoms with Gasteiger partial charge in [-0.1, -0.05) is 12.1 Å². The summed E-state index contributed by atoms with van der Waals surface area (Å²) >= 11 is 0. The fourth-order valence-corrected chi connectivity index (χ4v) is 2.92. The van der Waals surface area contributed by atoms with E-state index in [1.807, 2.05) is 24.3 Å². The minimum absolute atomic E-state index is 0.0882. The van der Waals surface area contributed by atoms with Gasteiger partial charge >= 0.3 is 5.97 Å². The van der Waals surface area contributed by atoms with Gasteiger partial charge in [0.15, 0.2) is 0 Å². The second kappa shape index (κ2) is 6.46. The molecule has 22 heavy (non-hydrogen) atoms. The van der Waals surface area contributed by atoms with E-state index in [-0.39, 0.29) is 18.9 Å². The highest BCUT2D eigenvalue weighted by molar-refractivity contribution is 5.99. The van der Waals surface area contributed by atoms with Gasteiger partial charge in [-0.3, -0.25) is 14.5 Å². The van der Waals surface area contributed by atoms with Crippen LogP contribution in [0.1, 0.15) is 12.0 Å². The minimum atomic E-state index is -0.903. The summed E-state index contributed by atoms with van der Waals surface area (Å²) in [4.78, 5) is 26.8. The number of anilines is 1. The van der Waals surface area contributed by atoms with Gasteiger partial charge in [0, 0.05) is 38.3 Å². The van der Waals surface area contributed by atoms with E-state index in [4.69, 9.17) is 9.84 Å². The number of hydrogen-bond donors (Lipinski definition) is 1. The van der Waals surface area contributed by atoms with E-state index >= 15 is 0 Å². The number of morpholine rings is 1. The molecule has 2 aliphatic heterocycles. The number of aliphatic carboxylic acids is 1. The Bertz CT molecular complexity index is 552. The molecule has 118 valence electrons. The Balaban J connectivity index is 1.64. The molecule has 3 rings (SSSR count). The summed E-state index contributed by atoms with van der Waals surface area (Å²) < 4.78 is 5.33. The number of carbonyl (C=O) groups excluding carboxylic acids is 1. The molecule has 1 aromatic carbocycles. The van der Waals surface area contributed by atoms with Crippen LogP contribution < -0.4 is 4.90 Å².